The first kappa shape index (κ1) is 16.8. The number of benzene rings is 1. The number of hydrogen-bond acceptors (Lipinski definition) is 4. The van der Waals surface area contributed by atoms with E-state index in [2.05, 4.69) is 10.3 Å². The number of anilines is 1. The molecule has 0 spiro atoms. The van der Waals surface area contributed by atoms with Crippen LogP contribution in [0.4, 0.5) is 10.5 Å². The number of nitrogens with zero attached hydrogens (tertiary/aromatic N) is 2. The van der Waals surface area contributed by atoms with Gasteiger partial charge in [-0.3, -0.25) is 4.98 Å². The van der Waals surface area contributed by atoms with Crippen molar-refractivity contribution in [2.24, 2.45) is 0 Å². The molecule has 1 atom stereocenters. The van der Waals surface area contributed by atoms with E-state index in [1.54, 1.807) is 11.1 Å². The van der Waals surface area contributed by atoms with Gasteiger partial charge in [-0.15, -0.1) is 0 Å². The number of ether oxygens (including phenoxy) is 2. The number of aromatic nitrogens is 1. The van der Waals surface area contributed by atoms with Gasteiger partial charge < -0.3 is 19.7 Å². The lowest BCUT2D eigenvalue weighted by atomic mass is 9.96. The number of likely N-dealkylation sites (tertiary alicyclic amines) is 1. The largest absolute Gasteiger partial charge is 0.489 e. The first-order chi connectivity index (χ1) is 12.8. The van der Waals surface area contributed by atoms with Crippen LogP contribution < -0.4 is 10.1 Å². The molecule has 1 aromatic carbocycles. The molecular weight excluding hydrogens is 330 g/mol. The van der Waals surface area contributed by atoms with Crippen LogP contribution in [-0.4, -0.2) is 48.3 Å². The Labute approximate surface area is 153 Å². The van der Waals surface area contributed by atoms with E-state index in [1.807, 2.05) is 42.5 Å². The number of carbonyl (C=O) groups is 1. The zero-order valence-electron chi connectivity index (χ0n) is 14.6. The monoisotopic (exact) mass is 353 g/mol. The first-order valence-electron chi connectivity index (χ1n) is 9.10. The van der Waals surface area contributed by atoms with E-state index in [0.717, 1.165) is 25.1 Å². The Balaban J connectivity index is 1.32. The SMILES string of the molecule is O=C(Nc1ccccc1OC[C@@H]1CCCO1)N1CC(c2ccccn2)C1. The summed E-state index contributed by atoms with van der Waals surface area (Å²) in [5.74, 6) is 0.992. The Morgan fingerprint density at radius 3 is 2.85 bits per heavy atom. The maximum Gasteiger partial charge on any atom is 0.321 e. The fourth-order valence-electron chi connectivity index (χ4n) is 3.30. The highest BCUT2D eigenvalue weighted by Crippen LogP contribution is 2.29. The smallest absolute Gasteiger partial charge is 0.321 e. The summed E-state index contributed by atoms with van der Waals surface area (Å²) in [6.45, 7) is 2.68. The van der Waals surface area contributed by atoms with Crippen molar-refractivity contribution >= 4 is 11.7 Å². The standard InChI is InChI=1S/C20H23N3O3/c24-20(23-12-15(13-23)17-7-3-4-10-21-17)22-18-8-1-2-9-19(18)26-14-16-6-5-11-25-16/h1-4,7-10,15-16H,5-6,11-14H2,(H,22,24)/t16-/m0/s1. The Morgan fingerprint density at radius 1 is 1.23 bits per heavy atom. The lowest BCUT2D eigenvalue weighted by Crippen LogP contribution is -2.50. The number of pyridine rings is 1. The molecule has 2 amide bonds. The van der Waals surface area contributed by atoms with Crippen molar-refractivity contribution in [3.05, 3.63) is 54.4 Å². The predicted molar refractivity (Wildman–Crippen MR) is 98.5 cm³/mol. The number of amides is 2. The molecule has 0 aliphatic carbocycles. The van der Waals surface area contributed by atoms with Crippen LogP contribution in [0.5, 0.6) is 5.75 Å². The molecular formula is C20H23N3O3. The highest BCUT2D eigenvalue weighted by Gasteiger charge is 2.32. The summed E-state index contributed by atoms with van der Waals surface area (Å²) < 4.78 is 11.5. The van der Waals surface area contributed by atoms with Gasteiger partial charge in [-0.2, -0.15) is 0 Å². The second-order valence-corrected chi connectivity index (χ2v) is 6.73. The maximum atomic E-state index is 12.5. The zero-order valence-corrected chi connectivity index (χ0v) is 14.6. The Bertz CT molecular complexity index is 741. The number of nitrogens with one attached hydrogen (secondary N) is 1. The van der Waals surface area contributed by atoms with Gasteiger partial charge >= 0.3 is 6.03 Å². The molecule has 0 bridgehead atoms. The quantitative estimate of drug-likeness (QED) is 0.896. The molecule has 26 heavy (non-hydrogen) atoms. The predicted octanol–water partition coefficient (Wildman–Crippen LogP) is 3.27. The van der Waals surface area contributed by atoms with E-state index in [4.69, 9.17) is 9.47 Å². The third-order valence-corrected chi connectivity index (χ3v) is 4.85. The van der Waals surface area contributed by atoms with Crippen LogP contribution in [0.2, 0.25) is 0 Å². The third kappa shape index (κ3) is 3.80. The van der Waals surface area contributed by atoms with Gasteiger partial charge in [0.15, 0.2) is 0 Å². The van der Waals surface area contributed by atoms with Gasteiger partial charge in [0.05, 0.1) is 11.8 Å². The Morgan fingerprint density at radius 2 is 2.08 bits per heavy atom. The van der Waals surface area contributed by atoms with E-state index in [-0.39, 0.29) is 12.1 Å². The van der Waals surface area contributed by atoms with Crippen LogP contribution in [-0.2, 0) is 4.74 Å². The molecule has 136 valence electrons. The van der Waals surface area contributed by atoms with Gasteiger partial charge in [0, 0.05) is 37.5 Å². The van der Waals surface area contributed by atoms with Gasteiger partial charge in [-0.05, 0) is 37.1 Å². The lowest BCUT2D eigenvalue weighted by Gasteiger charge is -2.38. The molecule has 0 saturated carbocycles. The van der Waals surface area contributed by atoms with Gasteiger partial charge in [-0.1, -0.05) is 18.2 Å². The molecule has 1 N–H and O–H groups in total. The third-order valence-electron chi connectivity index (χ3n) is 4.85. The lowest BCUT2D eigenvalue weighted by molar-refractivity contribution is 0.0682. The van der Waals surface area contributed by atoms with E-state index >= 15 is 0 Å². The second kappa shape index (κ2) is 7.74. The molecule has 2 fully saturated rings. The van der Waals surface area contributed by atoms with Crippen LogP contribution in [0.1, 0.15) is 24.5 Å². The van der Waals surface area contributed by atoms with Crippen molar-refractivity contribution in [3.63, 3.8) is 0 Å². The summed E-state index contributed by atoms with van der Waals surface area (Å²) in [5.41, 5.74) is 1.73. The number of para-hydroxylation sites is 2. The summed E-state index contributed by atoms with van der Waals surface area (Å²) in [6.07, 6.45) is 4.05. The first-order valence-corrected chi connectivity index (χ1v) is 9.10. The van der Waals surface area contributed by atoms with Crippen molar-refractivity contribution in [1.29, 1.82) is 0 Å². The summed E-state index contributed by atoms with van der Waals surface area (Å²) in [7, 11) is 0. The van der Waals surface area contributed by atoms with E-state index in [9.17, 15) is 4.79 Å². The molecule has 2 aromatic rings. The molecule has 6 nitrogen and oxygen atoms in total. The van der Waals surface area contributed by atoms with Crippen LogP contribution in [0.25, 0.3) is 0 Å². The van der Waals surface area contributed by atoms with Crippen molar-refractivity contribution in [2.75, 3.05) is 31.6 Å². The number of carbonyl (C=O) groups excluding carboxylic acids is 1. The zero-order chi connectivity index (χ0) is 17.8. The fraction of sp³-hybridized carbons (Fsp3) is 0.400. The average Bonchev–Trinajstić information content (AvgIpc) is 3.14. The molecule has 2 aliphatic heterocycles. The Hall–Kier alpha value is -2.60. The maximum absolute atomic E-state index is 12.5. The van der Waals surface area contributed by atoms with Gasteiger partial charge in [0.25, 0.3) is 0 Å². The Kier molecular flexibility index (Phi) is 5.02. The highest BCUT2D eigenvalue weighted by atomic mass is 16.5. The van der Waals surface area contributed by atoms with Crippen LogP contribution in [0.3, 0.4) is 0 Å². The summed E-state index contributed by atoms with van der Waals surface area (Å²) >= 11 is 0. The minimum Gasteiger partial charge on any atom is -0.489 e. The molecule has 4 rings (SSSR count). The van der Waals surface area contributed by atoms with Crippen molar-refractivity contribution in [3.8, 4) is 5.75 Å². The average molecular weight is 353 g/mol. The van der Waals surface area contributed by atoms with Gasteiger partial charge in [-0.25, -0.2) is 4.79 Å². The summed E-state index contributed by atoms with van der Waals surface area (Å²) in [6, 6.07) is 13.3. The topological polar surface area (TPSA) is 63.7 Å². The van der Waals surface area contributed by atoms with Crippen molar-refractivity contribution in [1.82, 2.24) is 9.88 Å². The summed E-state index contributed by atoms with van der Waals surface area (Å²) in [4.78, 5) is 18.7. The number of hydrogen-bond donors (Lipinski definition) is 1. The molecule has 3 heterocycles. The number of urea groups is 1. The molecule has 0 unspecified atom stereocenters. The molecule has 1 aromatic heterocycles. The van der Waals surface area contributed by atoms with Crippen molar-refractivity contribution < 1.29 is 14.3 Å². The van der Waals surface area contributed by atoms with E-state index in [1.165, 1.54) is 0 Å². The molecule has 2 aliphatic rings. The minimum absolute atomic E-state index is 0.106. The second-order valence-electron chi connectivity index (χ2n) is 6.73. The fourth-order valence-corrected chi connectivity index (χ4v) is 3.30. The van der Waals surface area contributed by atoms with Gasteiger partial charge in [0.2, 0.25) is 0 Å². The van der Waals surface area contributed by atoms with Crippen LogP contribution in [0.15, 0.2) is 48.7 Å². The molecule has 2 saturated heterocycles. The summed E-state index contributed by atoms with van der Waals surface area (Å²) in [5, 5.41) is 2.96. The number of rotatable bonds is 5. The highest BCUT2D eigenvalue weighted by molar-refractivity contribution is 5.91. The van der Waals surface area contributed by atoms with Gasteiger partial charge in [0.1, 0.15) is 12.4 Å². The molecule has 0 radical (unpaired) electrons. The van der Waals surface area contributed by atoms with E-state index in [0.29, 0.717) is 37.1 Å². The van der Waals surface area contributed by atoms with Crippen LogP contribution >= 0.6 is 0 Å². The van der Waals surface area contributed by atoms with Crippen molar-refractivity contribution in [2.45, 2.75) is 24.9 Å². The molecule has 6 heteroatoms. The minimum atomic E-state index is -0.106. The normalized spacial score (nSPS) is 19.8. The van der Waals surface area contributed by atoms with E-state index < -0.39 is 0 Å². The van der Waals surface area contributed by atoms with Crippen LogP contribution in [0, 0.1) is 0 Å².